The van der Waals surface area contributed by atoms with Crippen LogP contribution in [0.25, 0.3) is 0 Å². The lowest BCUT2D eigenvalue weighted by atomic mass is 10.1. The van der Waals surface area contributed by atoms with Gasteiger partial charge < -0.3 is 0 Å². The highest BCUT2D eigenvalue weighted by atomic mass is 35.5. The molecule has 2 aromatic carbocycles. The Hall–Kier alpha value is -2.13. The minimum atomic E-state index is -0.308. The maximum absolute atomic E-state index is 12.4. The molecule has 0 N–H and O–H groups in total. The molecule has 0 aliphatic rings. The van der Waals surface area contributed by atoms with Crippen LogP contribution in [0, 0.1) is 0 Å². The summed E-state index contributed by atoms with van der Waals surface area (Å²) >= 11 is 5.73. The van der Waals surface area contributed by atoms with Crippen LogP contribution in [0.1, 0.15) is 15.9 Å². The number of amides is 2. The van der Waals surface area contributed by atoms with E-state index in [0.29, 0.717) is 5.56 Å². The highest BCUT2D eigenvalue weighted by Crippen LogP contribution is 2.09. The van der Waals surface area contributed by atoms with E-state index in [1.165, 1.54) is 4.90 Å². The average molecular weight is 302 g/mol. The van der Waals surface area contributed by atoms with Crippen molar-refractivity contribution in [1.29, 1.82) is 0 Å². The molecule has 3 nitrogen and oxygen atoms in total. The van der Waals surface area contributed by atoms with E-state index in [-0.39, 0.29) is 30.7 Å². The summed E-state index contributed by atoms with van der Waals surface area (Å²) in [5, 5.41) is 0. The number of hydrogen-bond acceptors (Lipinski definition) is 2. The Bertz CT molecular complexity index is 599. The van der Waals surface area contributed by atoms with E-state index in [1.807, 2.05) is 36.4 Å². The third-order valence-electron chi connectivity index (χ3n) is 3.07. The van der Waals surface area contributed by atoms with E-state index in [2.05, 4.69) is 0 Å². The molecule has 2 rings (SSSR count). The first-order valence-corrected chi connectivity index (χ1v) is 7.25. The van der Waals surface area contributed by atoms with Crippen LogP contribution in [0.5, 0.6) is 0 Å². The quantitative estimate of drug-likeness (QED) is 0.796. The Morgan fingerprint density at radius 3 is 2.05 bits per heavy atom. The summed E-state index contributed by atoms with van der Waals surface area (Å²) in [6.07, 6.45) is 0.191. The van der Waals surface area contributed by atoms with E-state index in [9.17, 15) is 9.59 Å². The van der Waals surface area contributed by atoms with Crippen molar-refractivity contribution in [3.05, 3.63) is 71.8 Å². The van der Waals surface area contributed by atoms with E-state index in [1.54, 1.807) is 24.3 Å². The lowest BCUT2D eigenvalue weighted by molar-refractivity contribution is -0.127. The van der Waals surface area contributed by atoms with Crippen LogP contribution in [0.2, 0.25) is 0 Å². The van der Waals surface area contributed by atoms with Gasteiger partial charge in [-0.15, -0.1) is 11.6 Å². The second-order valence-electron chi connectivity index (χ2n) is 4.57. The van der Waals surface area contributed by atoms with Gasteiger partial charge in [-0.2, -0.15) is 0 Å². The zero-order chi connectivity index (χ0) is 15.1. The summed E-state index contributed by atoms with van der Waals surface area (Å²) in [5.41, 5.74) is 1.37. The Balaban J connectivity index is 2.15. The van der Waals surface area contributed by atoms with Crippen LogP contribution in [-0.2, 0) is 11.2 Å². The van der Waals surface area contributed by atoms with Crippen molar-refractivity contribution in [1.82, 2.24) is 4.90 Å². The number of rotatable bonds is 5. The number of hydrogen-bond donors (Lipinski definition) is 0. The van der Waals surface area contributed by atoms with Crippen molar-refractivity contribution in [2.75, 3.05) is 12.4 Å². The molecule has 0 saturated carbocycles. The molecule has 0 saturated heterocycles. The molecular weight excluding hydrogens is 286 g/mol. The smallest absolute Gasteiger partial charge is 0.260 e. The van der Waals surface area contributed by atoms with Gasteiger partial charge in [0.05, 0.1) is 6.42 Å². The Kier molecular flexibility index (Phi) is 5.52. The van der Waals surface area contributed by atoms with E-state index < -0.39 is 0 Å². The summed E-state index contributed by atoms with van der Waals surface area (Å²) in [6.45, 7) is 0.209. The Labute approximate surface area is 129 Å². The molecular formula is C17H16ClNO2. The molecule has 0 radical (unpaired) electrons. The molecule has 0 aliphatic heterocycles. The minimum absolute atomic E-state index is 0.191. The maximum Gasteiger partial charge on any atom is 0.260 e. The molecule has 0 spiro atoms. The standard InChI is InChI=1S/C17H16ClNO2/c18-11-12-19(17(21)15-9-5-2-6-10-15)16(20)13-14-7-3-1-4-8-14/h1-10H,11-13H2. The number of halogens is 1. The minimum Gasteiger partial charge on any atom is -0.277 e. The predicted molar refractivity (Wildman–Crippen MR) is 83.4 cm³/mol. The van der Waals surface area contributed by atoms with Crippen molar-refractivity contribution < 1.29 is 9.59 Å². The van der Waals surface area contributed by atoms with Gasteiger partial charge >= 0.3 is 0 Å². The third kappa shape index (κ3) is 4.17. The molecule has 2 amide bonds. The predicted octanol–water partition coefficient (Wildman–Crippen LogP) is 3.14. The monoisotopic (exact) mass is 301 g/mol. The summed E-state index contributed by atoms with van der Waals surface area (Å²) in [5.74, 6) is -0.327. The van der Waals surface area contributed by atoms with Gasteiger partial charge in [-0.25, -0.2) is 0 Å². The fourth-order valence-corrected chi connectivity index (χ4v) is 2.20. The summed E-state index contributed by atoms with van der Waals surface area (Å²) < 4.78 is 0. The van der Waals surface area contributed by atoms with Crippen LogP contribution < -0.4 is 0 Å². The van der Waals surface area contributed by atoms with Crippen molar-refractivity contribution in [2.24, 2.45) is 0 Å². The SMILES string of the molecule is O=C(Cc1ccccc1)N(CCCl)C(=O)c1ccccc1. The lowest BCUT2D eigenvalue weighted by Gasteiger charge is -2.20. The molecule has 0 aliphatic carbocycles. The van der Waals surface area contributed by atoms with Gasteiger partial charge in [-0.3, -0.25) is 14.5 Å². The maximum atomic E-state index is 12.4. The molecule has 0 unspecified atom stereocenters. The molecule has 0 bridgehead atoms. The molecule has 0 aromatic heterocycles. The molecule has 21 heavy (non-hydrogen) atoms. The number of carbonyl (C=O) groups is 2. The second-order valence-corrected chi connectivity index (χ2v) is 4.95. The van der Waals surface area contributed by atoms with Gasteiger partial charge in [0, 0.05) is 18.0 Å². The van der Waals surface area contributed by atoms with Crippen LogP contribution in [0.15, 0.2) is 60.7 Å². The molecule has 0 atom stereocenters. The first-order chi connectivity index (χ1) is 10.2. The van der Waals surface area contributed by atoms with Gasteiger partial charge in [0.25, 0.3) is 5.91 Å². The molecule has 4 heteroatoms. The van der Waals surface area contributed by atoms with Crippen LogP contribution in [0.3, 0.4) is 0 Å². The summed E-state index contributed by atoms with van der Waals surface area (Å²) in [4.78, 5) is 26.0. The molecule has 0 heterocycles. The van der Waals surface area contributed by atoms with Crippen LogP contribution in [0.4, 0.5) is 0 Å². The highest BCUT2D eigenvalue weighted by Gasteiger charge is 2.22. The van der Waals surface area contributed by atoms with Gasteiger partial charge in [-0.1, -0.05) is 48.5 Å². The number of benzene rings is 2. The molecule has 108 valence electrons. The molecule has 0 fully saturated rings. The van der Waals surface area contributed by atoms with Gasteiger partial charge in [0.1, 0.15) is 0 Å². The highest BCUT2D eigenvalue weighted by molar-refractivity contribution is 6.18. The lowest BCUT2D eigenvalue weighted by Crippen LogP contribution is -2.39. The number of carbonyl (C=O) groups excluding carboxylic acids is 2. The van der Waals surface area contributed by atoms with Crippen molar-refractivity contribution in [3.63, 3.8) is 0 Å². The first-order valence-electron chi connectivity index (χ1n) is 6.72. The fourth-order valence-electron chi connectivity index (χ4n) is 2.03. The first kappa shape index (κ1) is 15.3. The number of imide groups is 1. The zero-order valence-electron chi connectivity index (χ0n) is 11.5. The summed E-state index contributed by atoms with van der Waals surface area (Å²) in [7, 11) is 0. The third-order valence-corrected chi connectivity index (χ3v) is 3.24. The van der Waals surface area contributed by atoms with Crippen LogP contribution in [-0.4, -0.2) is 29.1 Å². The normalized spacial score (nSPS) is 10.1. The van der Waals surface area contributed by atoms with Crippen molar-refractivity contribution in [3.8, 4) is 0 Å². The van der Waals surface area contributed by atoms with Gasteiger partial charge in [0.2, 0.25) is 5.91 Å². The van der Waals surface area contributed by atoms with Gasteiger partial charge in [-0.05, 0) is 17.7 Å². The molecule has 2 aromatic rings. The fraction of sp³-hybridized carbons (Fsp3) is 0.176. The van der Waals surface area contributed by atoms with Gasteiger partial charge in [0.15, 0.2) is 0 Å². The zero-order valence-corrected chi connectivity index (χ0v) is 12.3. The topological polar surface area (TPSA) is 37.4 Å². The van der Waals surface area contributed by atoms with E-state index >= 15 is 0 Å². The van der Waals surface area contributed by atoms with Crippen LogP contribution >= 0.6 is 11.6 Å². The largest absolute Gasteiger partial charge is 0.277 e. The van der Waals surface area contributed by atoms with Crippen molar-refractivity contribution in [2.45, 2.75) is 6.42 Å². The Morgan fingerprint density at radius 2 is 1.48 bits per heavy atom. The number of alkyl halides is 1. The Morgan fingerprint density at radius 1 is 0.905 bits per heavy atom. The van der Waals surface area contributed by atoms with Crippen molar-refractivity contribution >= 4 is 23.4 Å². The second kappa shape index (κ2) is 7.60. The average Bonchev–Trinajstić information content (AvgIpc) is 2.53. The van der Waals surface area contributed by atoms with E-state index in [0.717, 1.165) is 5.56 Å². The summed E-state index contributed by atoms with van der Waals surface area (Å²) in [6, 6.07) is 18.1. The van der Waals surface area contributed by atoms with E-state index in [4.69, 9.17) is 11.6 Å². The number of nitrogens with zero attached hydrogens (tertiary/aromatic N) is 1.